The van der Waals surface area contributed by atoms with E-state index in [-0.39, 0.29) is 5.75 Å². The van der Waals surface area contributed by atoms with E-state index in [0.29, 0.717) is 10.7 Å². The number of aromatic nitrogens is 3. The summed E-state index contributed by atoms with van der Waals surface area (Å²) in [6, 6.07) is 6.95. The Hall–Kier alpha value is -1.62. The van der Waals surface area contributed by atoms with Gasteiger partial charge < -0.3 is 5.11 Å². The first kappa shape index (κ1) is 11.9. The van der Waals surface area contributed by atoms with Crippen molar-refractivity contribution in [2.75, 3.05) is 0 Å². The van der Waals surface area contributed by atoms with Gasteiger partial charge in [-0.3, -0.25) is 9.67 Å². The van der Waals surface area contributed by atoms with Crippen LogP contribution in [0.25, 0.3) is 11.4 Å². The molecule has 0 aliphatic heterocycles. The molecule has 5 heteroatoms. The maximum absolute atomic E-state index is 9.27. The molecule has 1 aromatic carbocycles. The third kappa shape index (κ3) is 2.55. The highest BCUT2D eigenvalue weighted by atomic mass is 32.1. The Morgan fingerprint density at radius 2 is 2.00 bits per heavy atom. The Balaban J connectivity index is 2.45. The second-order valence-corrected chi connectivity index (χ2v) is 4.79. The second kappa shape index (κ2) is 4.71. The number of aromatic hydroxyl groups is 1. The zero-order valence-electron chi connectivity index (χ0n) is 9.84. The fraction of sp³-hybridized carbons (Fsp3) is 0.333. The van der Waals surface area contributed by atoms with Gasteiger partial charge in [-0.15, -0.1) is 0 Å². The number of hydrogen-bond donors (Lipinski definition) is 2. The van der Waals surface area contributed by atoms with Crippen molar-refractivity contribution in [2.24, 2.45) is 5.92 Å². The van der Waals surface area contributed by atoms with Crippen molar-refractivity contribution < 1.29 is 5.11 Å². The Morgan fingerprint density at radius 3 is 2.59 bits per heavy atom. The Kier molecular flexibility index (Phi) is 3.28. The maximum atomic E-state index is 9.27. The quantitative estimate of drug-likeness (QED) is 0.822. The minimum Gasteiger partial charge on any atom is -0.508 e. The summed E-state index contributed by atoms with van der Waals surface area (Å²) in [5, 5.41) is 16.3. The van der Waals surface area contributed by atoms with Crippen LogP contribution in [0.2, 0.25) is 0 Å². The summed E-state index contributed by atoms with van der Waals surface area (Å²) in [5.74, 6) is 1.55. The van der Waals surface area contributed by atoms with Crippen LogP contribution in [0, 0.1) is 10.7 Å². The fourth-order valence-electron chi connectivity index (χ4n) is 1.68. The van der Waals surface area contributed by atoms with Crippen molar-refractivity contribution >= 4 is 12.2 Å². The SMILES string of the molecule is CC(C)Cn1c(-c2ccc(O)cc2)n[nH]c1=S. The van der Waals surface area contributed by atoms with Crippen LogP contribution in [-0.2, 0) is 6.54 Å². The number of hydrogen-bond acceptors (Lipinski definition) is 3. The first-order valence-corrected chi connectivity index (χ1v) is 5.93. The Labute approximate surface area is 105 Å². The van der Waals surface area contributed by atoms with Gasteiger partial charge in [-0.2, -0.15) is 5.10 Å². The molecule has 4 nitrogen and oxygen atoms in total. The number of phenolic OH excluding ortho intramolecular Hbond substituents is 1. The molecule has 17 heavy (non-hydrogen) atoms. The fourth-order valence-corrected chi connectivity index (χ4v) is 1.89. The minimum absolute atomic E-state index is 0.248. The molecule has 0 unspecified atom stereocenters. The van der Waals surface area contributed by atoms with Gasteiger partial charge in [0, 0.05) is 12.1 Å². The van der Waals surface area contributed by atoms with Gasteiger partial charge in [0.2, 0.25) is 0 Å². The van der Waals surface area contributed by atoms with Gasteiger partial charge >= 0.3 is 0 Å². The second-order valence-electron chi connectivity index (χ2n) is 4.40. The van der Waals surface area contributed by atoms with Crippen molar-refractivity contribution in [3.8, 4) is 17.1 Å². The molecule has 0 aliphatic carbocycles. The molecule has 90 valence electrons. The highest BCUT2D eigenvalue weighted by Crippen LogP contribution is 2.20. The van der Waals surface area contributed by atoms with Crippen LogP contribution < -0.4 is 0 Å². The topological polar surface area (TPSA) is 53.8 Å². The van der Waals surface area contributed by atoms with E-state index < -0.39 is 0 Å². The molecule has 1 aromatic heterocycles. The molecular weight excluding hydrogens is 234 g/mol. The number of rotatable bonds is 3. The molecule has 1 heterocycles. The van der Waals surface area contributed by atoms with Gasteiger partial charge in [0.15, 0.2) is 10.6 Å². The normalized spacial score (nSPS) is 11.0. The summed E-state index contributed by atoms with van der Waals surface area (Å²) in [7, 11) is 0. The zero-order valence-corrected chi connectivity index (χ0v) is 10.7. The van der Waals surface area contributed by atoms with Gasteiger partial charge in [0.05, 0.1) is 0 Å². The summed E-state index contributed by atoms with van der Waals surface area (Å²) in [4.78, 5) is 0. The molecule has 0 radical (unpaired) electrons. The highest BCUT2D eigenvalue weighted by Gasteiger charge is 2.09. The lowest BCUT2D eigenvalue weighted by Gasteiger charge is -2.09. The van der Waals surface area contributed by atoms with E-state index >= 15 is 0 Å². The Morgan fingerprint density at radius 1 is 1.35 bits per heavy atom. The number of benzene rings is 1. The number of H-pyrrole nitrogens is 1. The first-order valence-electron chi connectivity index (χ1n) is 5.52. The minimum atomic E-state index is 0.248. The van der Waals surface area contributed by atoms with Crippen LogP contribution in [-0.4, -0.2) is 19.9 Å². The summed E-state index contributed by atoms with van der Waals surface area (Å²) in [5.41, 5.74) is 0.941. The number of nitrogens with one attached hydrogen (secondary N) is 1. The van der Waals surface area contributed by atoms with E-state index in [0.717, 1.165) is 17.9 Å². The molecule has 0 fully saturated rings. The molecule has 0 spiro atoms. The summed E-state index contributed by atoms with van der Waals surface area (Å²) >= 11 is 5.21. The van der Waals surface area contributed by atoms with E-state index in [2.05, 4.69) is 24.0 Å². The smallest absolute Gasteiger partial charge is 0.195 e. The predicted molar refractivity (Wildman–Crippen MR) is 69.4 cm³/mol. The largest absolute Gasteiger partial charge is 0.508 e. The lowest BCUT2D eigenvalue weighted by atomic mass is 10.2. The van der Waals surface area contributed by atoms with Crippen LogP contribution in [0.5, 0.6) is 5.75 Å². The summed E-state index contributed by atoms with van der Waals surface area (Å²) in [6.45, 7) is 5.09. The molecule has 0 aliphatic rings. The monoisotopic (exact) mass is 249 g/mol. The number of phenols is 1. The van der Waals surface area contributed by atoms with Crippen LogP contribution >= 0.6 is 12.2 Å². The predicted octanol–water partition coefficient (Wildman–Crippen LogP) is 2.97. The van der Waals surface area contributed by atoms with Crippen LogP contribution in [0.1, 0.15) is 13.8 Å². The van der Waals surface area contributed by atoms with Gasteiger partial charge in [-0.1, -0.05) is 13.8 Å². The van der Waals surface area contributed by atoms with Gasteiger partial charge in [-0.25, -0.2) is 0 Å². The van der Waals surface area contributed by atoms with Gasteiger partial charge in [-0.05, 0) is 42.4 Å². The standard InChI is InChI=1S/C12H15N3OS/c1-8(2)7-15-11(13-14-12(15)17)9-3-5-10(16)6-4-9/h3-6,8,16H,7H2,1-2H3,(H,14,17). The van der Waals surface area contributed by atoms with Crippen LogP contribution in [0.15, 0.2) is 24.3 Å². The molecular formula is C12H15N3OS. The van der Waals surface area contributed by atoms with Crippen molar-refractivity contribution in [1.29, 1.82) is 0 Å². The third-order valence-electron chi connectivity index (χ3n) is 2.43. The van der Waals surface area contributed by atoms with E-state index in [1.807, 2.05) is 16.7 Å². The summed E-state index contributed by atoms with van der Waals surface area (Å²) in [6.07, 6.45) is 0. The van der Waals surface area contributed by atoms with Crippen molar-refractivity contribution in [2.45, 2.75) is 20.4 Å². The average molecular weight is 249 g/mol. The summed E-state index contributed by atoms with van der Waals surface area (Å²) < 4.78 is 2.61. The van der Waals surface area contributed by atoms with Crippen LogP contribution in [0.3, 0.4) is 0 Å². The van der Waals surface area contributed by atoms with E-state index in [1.54, 1.807) is 12.1 Å². The lowest BCUT2D eigenvalue weighted by Crippen LogP contribution is -2.06. The van der Waals surface area contributed by atoms with E-state index in [1.165, 1.54) is 0 Å². The maximum Gasteiger partial charge on any atom is 0.195 e. The van der Waals surface area contributed by atoms with E-state index in [4.69, 9.17) is 12.2 Å². The van der Waals surface area contributed by atoms with Crippen molar-refractivity contribution in [3.63, 3.8) is 0 Å². The number of nitrogens with zero attached hydrogens (tertiary/aromatic N) is 2. The molecule has 0 saturated carbocycles. The third-order valence-corrected chi connectivity index (χ3v) is 2.74. The van der Waals surface area contributed by atoms with Crippen molar-refractivity contribution in [3.05, 3.63) is 29.0 Å². The zero-order chi connectivity index (χ0) is 12.4. The Bertz CT molecular complexity index is 554. The van der Waals surface area contributed by atoms with Gasteiger partial charge in [0.1, 0.15) is 5.75 Å². The molecule has 0 atom stereocenters. The molecule has 0 amide bonds. The lowest BCUT2D eigenvalue weighted by molar-refractivity contribution is 0.475. The molecule has 0 bridgehead atoms. The van der Waals surface area contributed by atoms with Crippen LogP contribution in [0.4, 0.5) is 0 Å². The molecule has 2 N–H and O–H groups in total. The van der Waals surface area contributed by atoms with E-state index in [9.17, 15) is 5.11 Å². The average Bonchev–Trinajstić information content (AvgIpc) is 2.61. The highest BCUT2D eigenvalue weighted by molar-refractivity contribution is 7.71. The first-order chi connectivity index (χ1) is 8.08. The molecule has 2 rings (SSSR count). The molecule has 0 saturated heterocycles. The number of aromatic amines is 1. The van der Waals surface area contributed by atoms with Gasteiger partial charge in [0.25, 0.3) is 0 Å². The van der Waals surface area contributed by atoms with Crippen molar-refractivity contribution in [1.82, 2.24) is 14.8 Å². The molecule has 2 aromatic rings.